The fraction of sp³-hybridized carbons (Fsp3) is 0.167. The van der Waals surface area contributed by atoms with Gasteiger partial charge in [0.2, 0.25) is 5.91 Å². The van der Waals surface area contributed by atoms with E-state index >= 15 is 0 Å². The molecule has 3 aromatic rings. The lowest BCUT2D eigenvalue weighted by atomic mass is 9.77. The van der Waals surface area contributed by atoms with Gasteiger partial charge >= 0.3 is 0 Å². The zero-order valence-corrected chi connectivity index (χ0v) is 12.1. The number of carbonyl (C=O) groups excluding carboxylic acids is 1. The van der Waals surface area contributed by atoms with Gasteiger partial charge in [0.25, 0.3) is 0 Å². The number of nitrogens with one attached hydrogen (secondary N) is 1. The minimum atomic E-state index is -0.641. The Hall–Kier alpha value is -2.55. The maximum absolute atomic E-state index is 12.7. The number of anilines is 1. The van der Waals surface area contributed by atoms with Crippen molar-refractivity contribution in [1.82, 2.24) is 4.57 Å². The summed E-state index contributed by atoms with van der Waals surface area (Å²) in [5.74, 6) is 0.0417. The zero-order chi connectivity index (χ0) is 14.6. The molecule has 104 valence electrons. The van der Waals surface area contributed by atoms with E-state index in [1.165, 1.54) is 0 Å². The number of hydrogen-bond acceptors (Lipinski definition) is 1. The minimum absolute atomic E-state index is 0.0417. The first-order valence-electron chi connectivity index (χ1n) is 7.08. The van der Waals surface area contributed by atoms with Gasteiger partial charge in [-0.15, -0.1) is 0 Å². The largest absolute Gasteiger partial charge is 0.350 e. The van der Waals surface area contributed by atoms with E-state index in [9.17, 15) is 4.79 Å². The summed E-state index contributed by atoms with van der Waals surface area (Å²) >= 11 is 0. The van der Waals surface area contributed by atoms with E-state index < -0.39 is 5.41 Å². The molecule has 0 radical (unpaired) electrons. The second kappa shape index (κ2) is 3.98. The van der Waals surface area contributed by atoms with Crippen LogP contribution in [0.4, 0.5) is 5.69 Å². The van der Waals surface area contributed by atoms with Crippen LogP contribution >= 0.6 is 0 Å². The van der Waals surface area contributed by atoms with Crippen LogP contribution in [0.2, 0.25) is 0 Å². The second-order valence-electron chi connectivity index (χ2n) is 5.80. The second-order valence-corrected chi connectivity index (χ2v) is 5.80. The Morgan fingerprint density at radius 3 is 2.57 bits per heavy atom. The van der Waals surface area contributed by atoms with Gasteiger partial charge in [-0.25, -0.2) is 0 Å². The standard InChI is InChI=1S/C18H16N2O/c1-18(13-8-4-5-9-15(13)19-17(18)21)14-11-20(2)16-10-6-3-7-12(14)16/h3-11H,1-2H3,(H,19,21). The Bertz CT molecular complexity index is 878. The number of aryl methyl sites for hydroxylation is 1. The molecule has 0 bridgehead atoms. The maximum Gasteiger partial charge on any atom is 0.239 e. The number of fused-ring (bicyclic) bond motifs is 2. The van der Waals surface area contributed by atoms with Crippen LogP contribution in [0.1, 0.15) is 18.1 Å². The van der Waals surface area contributed by atoms with Gasteiger partial charge in [-0.3, -0.25) is 4.79 Å². The number of rotatable bonds is 1. The van der Waals surface area contributed by atoms with E-state index in [0.29, 0.717) is 0 Å². The van der Waals surface area contributed by atoms with Crippen molar-refractivity contribution in [1.29, 1.82) is 0 Å². The first-order valence-corrected chi connectivity index (χ1v) is 7.08. The molecule has 0 saturated carbocycles. The van der Waals surface area contributed by atoms with Crippen LogP contribution < -0.4 is 5.32 Å². The number of para-hydroxylation sites is 2. The average molecular weight is 276 g/mol. The van der Waals surface area contributed by atoms with Crippen LogP contribution in [-0.2, 0) is 17.3 Å². The highest BCUT2D eigenvalue weighted by atomic mass is 16.2. The Kier molecular flexibility index (Phi) is 2.31. The van der Waals surface area contributed by atoms with Crippen LogP contribution in [0.5, 0.6) is 0 Å². The molecule has 1 aliphatic rings. The average Bonchev–Trinajstić information content (AvgIpc) is 2.97. The van der Waals surface area contributed by atoms with E-state index in [1.807, 2.05) is 50.4 Å². The topological polar surface area (TPSA) is 34.0 Å². The highest BCUT2D eigenvalue weighted by molar-refractivity contribution is 6.10. The molecule has 0 fully saturated rings. The quantitative estimate of drug-likeness (QED) is 0.726. The van der Waals surface area contributed by atoms with Gasteiger partial charge in [-0.1, -0.05) is 36.4 Å². The molecule has 2 heterocycles. The van der Waals surface area contributed by atoms with E-state index in [4.69, 9.17) is 0 Å². The summed E-state index contributed by atoms with van der Waals surface area (Å²) in [6.45, 7) is 2.01. The summed E-state index contributed by atoms with van der Waals surface area (Å²) in [5.41, 5.74) is 3.52. The predicted octanol–water partition coefficient (Wildman–Crippen LogP) is 3.44. The summed E-state index contributed by atoms with van der Waals surface area (Å²) < 4.78 is 2.09. The summed E-state index contributed by atoms with van der Waals surface area (Å²) in [6, 6.07) is 16.2. The lowest BCUT2D eigenvalue weighted by molar-refractivity contribution is -0.119. The summed E-state index contributed by atoms with van der Waals surface area (Å²) in [6.07, 6.45) is 2.08. The number of hydrogen-bond donors (Lipinski definition) is 1. The van der Waals surface area contributed by atoms with Crippen LogP contribution in [0.3, 0.4) is 0 Å². The van der Waals surface area contributed by atoms with Gasteiger partial charge in [0.05, 0.1) is 0 Å². The van der Waals surface area contributed by atoms with E-state index in [2.05, 4.69) is 28.2 Å². The Balaban J connectivity index is 2.06. The van der Waals surface area contributed by atoms with Crippen molar-refractivity contribution in [3.8, 4) is 0 Å². The first-order chi connectivity index (χ1) is 10.1. The molecule has 0 aliphatic carbocycles. The summed E-state index contributed by atoms with van der Waals surface area (Å²) in [4.78, 5) is 12.7. The maximum atomic E-state index is 12.7. The fourth-order valence-electron chi connectivity index (χ4n) is 3.41. The molecule has 3 heteroatoms. The van der Waals surface area contributed by atoms with Crippen LogP contribution in [0.15, 0.2) is 54.7 Å². The number of amides is 1. The third-order valence-electron chi connectivity index (χ3n) is 4.60. The molecule has 0 spiro atoms. The van der Waals surface area contributed by atoms with Gasteiger partial charge in [0.1, 0.15) is 5.41 Å². The summed E-state index contributed by atoms with van der Waals surface area (Å²) in [7, 11) is 2.02. The molecule has 2 aromatic carbocycles. The lowest BCUT2D eigenvalue weighted by Gasteiger charge is -2.22. The number of carbonyl (C=O) groups is 1. The first kappa shape index (κ1) is 12.2. The summed E-state index contributed by atoms with van der Waals surface area (Å²) in [5, 5.41) is 4.15. The van der Waals surface area contributed by atoms with Crippen LogP contribution in [-0.4, -0.2) is 10.5 Å². The number of nitrogens with zero attached hydrogens (tertiary/aromatic N) is 1. The highest BCUT2D eigenvalue weighted by Crippen LogP contribution is 2.45. The van der Waals surface area contributed by atoms with E-state index in [1.54, 1.807) is 0 Å². The molecule has 1 unspecified atom stereocenters. The lowest BCUT2D eigenvalue weighted by Crippen LogP contribution is -2.32. The normalized spacial score (nSPS) is 20.6. The molecule has 4 rings (SSSR count). The van der Waals surface area contributed by atoms with Gasteiger partial charge in [0, 0.05) is 29.8 Å². The zero-order valence-electron chi connectivity index (χ0n) is 12.1. The van der Waals surface area contributed by atoms with Crippen molar-refractivity contribution >= 4 is 22.5 Å². The van der Waals surface area contributed by atoms with Crippen molar-refractivity contribution in [3.63, 3.8) is 0 Å². The molecule has 1 N–H and O–H groups in total. The molecule has 1 atom stereocenters. The van der Waals surface area contributed by atoms with Crippen molar-refractivity contribution in [2.75, 3.05) is 5.32 Å². The molecule has 3 nitrogen and oxygen atoms in total. The SMILES string of the molecule is Cn1cc(C2(C)C(=O)Nc3ccccc32)c2ccccc21. The molecule has 1 amide bonds. The van der Waals surface area contributed by atoms with Crippen molar-refractivity contribution < 1.29 is 4.79 Å². The van der Waals surface area contributed by atoms with Crippen LogP contribution in [0, 0.1) is 0 Å². The third kappa shape index (κ3) is 1.46. The Morgan fingerprint density at radius 1 is 1.00 bits per heavy atom. The fourth-order valence-corrected chi connectivity index (χ4v) is 3.41. The van der Waals surface area contributed by atoms with Crippen LogP contribution in [0.25, 0.3) is 10.9 Å². The van der Waals surface area contributed by atoms with Crippen molar-refractivity contribution in [2.24, 2.45) is 7.05 Å². The third-order valence-corrected chi connectivity index (χ3v) is 4.60. The molecular formula is C18H16N2O. The van der Waals surface area contributed by atoms with Crippen molar-refractivity contribution in [2.45, 2.75) is 12.3 Å². The van der Waals surface area contributed by atoms with E-state index in [-0.39, 0.29) is 5.91 Å². The molecule has 0 saturated heterocycles. The predicted molar refractivity (Wildman–Crippen MR) is 84.4 cm³/mol. The smallest absolute Gasteiger partial charge is 0.239 e. The number of aromatic nitrogens is 1. The van der Waals surface area contributed by atoms with E-state index in [0.717, 1.165) is 27.7 Å². The van der Waals surface area contributed by atoms with Gasteiger partial charge in [0.15, 0.2) is 0 Å². The Morgan fingerprint density at radius 2 is 1.71 bits per heavy atom. The Labute approximate surface area is 123 Å². The molecular weight excluding hydrogens is 260 g/mol. The van der Waals surface area contributed by atoms with Gasteiger partial charge in [-0.05, 0) is 30.2 Å². The monoisotopic (exact) mass is 276 g/mol. The van der Waals surface area contributed by atoms with Gasteiger partial charge in [-0.2, -0.15) is 0 Å². The molecule has 1 aliphatic heterocycles. The molecule has 21 heavy (non-hydrogen) atoms. The molecule has 1 aromatic heterocycles. The number of benzene rings is 2. The van der Waals surface area contributed by atoms with Crippen molar-refractivity contribution in [3.05, 3.63) is 65.9 Å². The highest BCUT2D eigenvalue weighted by Gasteiger charge is 2.45. The van der Waals surface area contributed by atoms with Gasteiger partial charge < -0.3 is 9.88 Å². The minimum Gasteiger partial charge on any atom is -0.350 e.